The Hall–Kier alpha value is -1.11. The van der Waals surface area contributed by atoms with Gasteiger partial charge in [-0.1, -0.05) is 13.8 Å². The Morgan fingerprint density at radius 3 is 2.54 bits per heavy atom. The first-order valence-electron chi connectivity index (χ1n) is 13.9. The highest BCUT2D eigenvalue weighted by molar-refractivity contribution is 7.98. The van der Waals surface area contributed by atoms with Gasteiger partial charge in [-0.25, -0.2) is 0 Å². The van der Waals surface area contributed by atoms with E-state index in [9.17, 15) is 10.2 Å². The molecule has 6 rings (SSSR count). The number of hydrogen-bond donors (Lipinski definition) is 2. The van der Waals surface area contributed by atoms with Gasteiger partial charge in [0.1, 0.15) is 11.0 Å². The minimum Gasteiger partial charge on any atom is -0.391 e. The zero-order chi connectivity index (χ0) is 24.6. The zero-order valence-corrected chi connectivity index (χ0v) is 22.7. The van der Waals surface area contributed by atoms with Crippen LogP contribution in [0.15, 0.2) is 23.1 Å². The van der Waals surface area contributed by atoms with E-state index in [1.54, 1.807) is 16.6 Å². The summed E-state index contributed by atoms with van der Waals surface area (Å²) in [5, 5.41) is 31.6. The lowest BCUT2D eigenvalue weighted by Crippen LogP contribution is -2.56. The van der Waals surface area contributed by atoms with Crippen LogP contribution in [0.1, 0.15) is 78.6 Å². The number of fused-ring (bicyclic) bond motifs is 6. The molecule has 0 saturated heterocycles. The Morgan fingerprint density at radius 1 is 0.971 bits per heavy atom. The number of hydrogen-bond acceptors (Lipinski definition) is 5. The van der Waals surface area contributed by atoms with Crippen LogP contribution in [0.25, 0.3) is 11.0 Å². The summed E-state index contributed by atoms with van der Waals surface area (Å²) in [5.74, 6) is 3.28. The van der Waals surface area contributed by atoms with Gasteiger partial charge >= 0.3 is 0 Å². The van der Waals surface area contributed by atoms with Crippen molar-refractivity contribution in [3.8, 4) is 0 Å². The van der Waals surface area contributed by atoms with Gasteiger partial charge in [0.15, 0.2) is 0 Å². The van der Waals surface area contributed by atoms with Crippen molar-refractivity contribution in [2.75, 3.05) is 6.26 Å². The topological polar surface area (TPSA) is 71.2 Å². The van der Waals surface area contributed by atoms with E-state index in [1.165, 1.54) is 43.4 Å². The first kappa shape index (κ1) is 24.2. The maximum atomic E-state index is 11.5. The van der Waals surface area contributed by atoms with Gasteiger partial charge in [-0.3, -0.25) is 0 Å². The lowest BCUT2D eigenvalue weighted by molar-refractivity contribution is -0.150. The quantitative estimate of drug-likeness (QED) is 0.513. The fourth-order valence-corrected chi connectivity index (χ4v) is 9.98. The third-order valence-corrected chi connectivity index (χ3v) is 12.2. The summed E-state index contributed by atoms with van der Waals surface area (Å²) in [6, 6.07) is 6.21. The van der Waals surface area contributed by atoms with E-state index in [-0.39, 0.29) is 5.41 Å². The van der Waals surface area contributed by atoms with Gasteiger partial charge in [0.2, 0.25) is 0 Å². The summed E-state index contributed by atoms with van der Waals surface area (Å²) >= 11 is 1.72. The molecule has 0 aliphatic heterocycles. The molecular weight excluding hydrogens is 454 g/mol. The number of aliphatic hydroxyl groups excluding tert-OH is 1. The molecule has 4 saturated carbocycles. The molecule has 9 atom stereocenters. The van der Waals surface area contributed by atoms with Crippen LogP contribution in [0.4, 0.5) is 0 Å². The Kier molecular flexibility index (Phi) is 5.86. The molecule has 6 heteroatoms. The van der Waals surface area contributed by atoms with Gasteiger partial charge in [0.25, 0.3) is 0 Å². The molecule has 4 aliphatic rings. The highest BCUT2D eigenvalue weighted by atomic mass is 32.2. The number of aromatic nitrogens is 3. The zero-order valence-electron chi connectivity index (χ0n) is 21.9. The van der Waals surface area contributed by atoms with E-state index in [2.05, 4.69) is 44.3 Å². The van der Waals surface area contributed by atoms with E-state index < -0.39 is 11.7 Å². The number of benzene rings is 1. The lowest BCUT2D eigenvalue weighted by Gasteiger charge is -2.62. The molecule has 1 aromatic heterocycles. The second kappa shape index (κ2) is 8.46. The van der Waals surface area contributed by atoms with Gasteiger partial charge in [-0.2, -0.15) is 15.0 Å². The molecule has 0 amide bonds. The second-order valence-electron chi connectivity index (χ2n) is 13.3. The van der Waals surface area contributed by atoms with Crippen LogP contribution in [0, 0.1) is 40.4 Å². The monoisotopic (exact) mass is 497 g/mol. The van der Waals surface area contributed by atoms with Crippen LogP contribution in [-0.4, -0.2) is 43.2 Å². The predicted octanol–water partition coefficient (Wildman–Crippen LogP) is 5.92. The molecule has 1 aromatic carbocycles. The average molecular weight is 498 g/mol. The minimum absolute atomic E-state index is 0.211. The largest absolute Gasteiger partial charge is 0.391 e. The fraction of sp³-hybridized carbons (Fsp3) is 0.793. The van der Waals surface area contributed by atoms with Crippen molar-refractivity contribution in [2.45, 2.75) is 102 Å². The third kappa shape index (κ3) is 3.88. The maximum absolute atomic E-state index is 11.5. The number of aliphatic hydroxyl groups is 2. The van der Waals surface area contributed by atoms with Crippen LogP contribution in [0.3, 0.4) is 0 Å². The summed E-state index contributed by atoms with van der Waals surface area (Å²) in [4.78, 5) is 2.93. The number of nitrogens with zero attached hydrogens (tertiary/aromatic N) is 3. The summed E-state index contributed by atoms with van der Waals surface area (Å²) in [7, 11) is 0. The van der Waals surface area contributed by atoms with Crippen LogP contribution >= 0.6 is 11.8 Å². The molecule has 5 nitrogen and oxygen atoms in total. The predicted molar refractivity (Wildman–Crippen MR) is 141 cm³/mol. The van der Waals surface area contributed by atoms with Crippen molar-refractivity contribution in [3.63, 3.8) is 0 Å². The van der Waals surface area contributed by atoms with Gasteiger partial charge in [-0.05, 0) is 130 Å². The standard InChI is InChI=1S/C29H43N3O2S/c1-27(34)13-14-28(2)18(16-27)5-7-20-21-8-9-23(29(21,3)12-11-22(20)28)26(33)17-32-30-24-10-6-19(35-4)15-25(24)31-32/h6,10,15,18,20-23,26,33-34H,5,7-9,11-14,16-17H2,1-4H3/t18-,20?,21-,22-,23+,26?,27+,28-,29?/m0/s1. The summed E-state index contributed by atoms with van der Waals surface area (Å²) < 4.78 is 0. The molecule has 4 fully saturated rings. The van der Waals surface area contributed by atoms with Crippen molar-refractivity contribution in [2.24, 2.45) is 40.4 Å². The summed E-state index contributed by atoms with van der Waals surface area (Å²) in [6.45, 7) is 7.59. The Balaban J connectivity index is 1.19. The van der Waals surface area contributed by atoms with Gasteiger partial charge < -0.3 is 10.2 Å². The molecule has 1 heterocycles. The third-order valence-electron chi connectivity index (χ3n) is 11.5. The maximum Gasteiger partial charge on any atom is 0.114 e. The van der Waals surface area contributed by atoms with Crippen molar-refractivity contribution < 1.29 is 10.2 Å². The molecule has 4 aliphatic carbocycles. The molecule has 0 bridgehead atoms. The average Bonchev–Trinajstić information content (AvgIpc) is 3.38. The fourth-order valence-electron chi connectivity index (χ4n) is 9.55. The molecule has 0 radical (unpaired) electrons. The van der Waals surface area contributed by atoms with Crippen molar-refractivity contribution in [1.82, 2.24) is 15.0 Å². The molecule has 3 unspecified atom stereocenters. The SMILES string of the molecule is CSc1ccc2nn(CC(O)[C@H]3CC[C@H]4C5CC[C@H]6C[C@](C)(O)CC[C@]6(C)[C@H]5CCC34C)nc2c1. The first-order valence-corrected chi connectivity index (χ1v) is 15.1. The highest BCUT2D eigenvalue weighted by Gasteiger charge is 2.61. The summed E-state index contributed by atoms with van der Waals surface area (Å²) in [6.07, 6.45) is 12.3. The first-order chi connectivity index (χ1) is 16.6. The van der Waals surface area contributed by atoms with Crippen molar-refractivity contribution in [1.29, 1.82) is 0 Å². The highest BCUT2D eigenvalue weighted by Crippen LogP contribution is 2.68. The summed E-state index contributed by atoms with van der Waals surface area (Å²) in [5.41, 5.74) is 1.95. The van der Waals surface area contributed by atoms with Crippen LogP contribution in [-0.2, 0) is 6.54 Å². The van der Waals surface area contributed by atoms with Crippen LogP contribution in [0.2, 0.25) is 0 Å². The van der Waals surface area contributed by atoms with E-state index >= 15 is 0 Å². The molecule has 0 spiro atoms. The molecule has 192 valence electrons. The normalized spacial score (nSPS) is 44.0. The Bertz CT molecular complexity index is 1100. The Labute approximate surface area is 214 Å². The van der Waals surface area contributed by atoms with Gasteiger partial charge in [0, 0.05) is 4.90 Å². The van der Waals surface area contributed by atoms with Crippen molar-refractivity contribution in [3.05, 3.63) is 18.2 Å². The molecule has 2 N–H and O–H groups in total. The van der Waals surface area contributed by atoms with Crippen LogP contribution in [0.5, 0.6) is 0 Å². The smallest absolute Gasteiger partial charge is 0.114 e. The van der Waals surface area contributed by atoms with E-state index in [0.29, 0.717) is 23.8 Å². The van der Waals surface area contributed by atoms with E-state index in [1.807, 2.05) is 6.07 Å². The lowest BCUT2D eigenvalue weighted by atomic mass is 9.44. The number of thioether (sulfide) groups is 1. The molecule has 35 heavy (non-hydrogen) atoms. The molecule has 2 aromatic rings. The van der Waals surface area contributed by atoms with Crippen molar-refractivity contribution >= 4 is 22.8 Å². The second-order valence-corrected chi connectivity index (χ2v) is 14.1. The minimum atomic E-state index is -0.467. The van der Waals surface area contributed by atoms with Gasteiger partial charge in [0.05, 0.1) is 18.2 Å². The van der Waals surface area contributed by atoms with E-state index in [0.717, 1.165) is 48.0 Å². The molecular formula is C29H43N3O2S. The Morgan fingerprint density at radius 2 is 1.74 bits per heavy atom. The van der Waals surface area contributed by atoms with Crippen LogP contribution < -0.4 is 0 Å². The van der Waals surface area contributed by atoms with Gasteiger partial charge in [-0.15, -0.1) is 11.8 Å². The van der Waals surface area contributed by atoms with E-state index in [4.69, 9.17) is 5.10 Å². The number of rotatable bonds is 4.